The Balaban J connectivity index is 0.784. The highest BCUT2D eigenvalue weighted by molar-refractivity contribution is 7.54. The van der Waals surface area contributed by atoms with Crippen LogP contribution in [0, 0.1) is 0 Å². The standard InChI is InChI=1S/C61H98N26O20P4/c1-40-22-84(46(90)21-45(40)89)48-28-81(109(94,75(4)5)103-34-44-26-82(29-49(106-44)86-38-70-52-55(63)66-36-68-57(52)86)110(95,76(6)7)101-31-41-23-78(10)27-47(104-41)85-37-69-51-54(62)65-35-67-56(51)85)24-42(105-48)33-102-111(96,77(8)9)83-25-43(107-50(30-83)87-39-71-53-58(87)72-60(64)73-59(53)91)32-100-108(93,74(2)3)80-13-11-79(12-14-80)61(92)99-20-19-98-18-17-97-16-15-88/h22,35-39,41-44,47-50,88H,11-21,23-34H2,1-10H3,(H2,62,65,67)(H2,63,66,68)(H3,64,72,73,91). The third-order valence-corrected chi connectivity index (χ3v) is 29.5. The summed E-state index contributed by atoms with van der Waals surface area (Å²) in [5.74, 6) is -0.936. The van der Waals surface area contributed by atoms with Gasteiger partial charge in [-0.25, -0.2) is 77.0 Å². The quantitative estimate of drug-likeness (QED) is 0.0211. The number of aromatic nitrogens is 12. The molecule has 0 spiro atoms. The van der Waals surface area contributed by atoms with Crippen molar-refractivity contribution in [1.29, 1.82) is 0 Å². The van der Waals surface area contributed by atoms with Crippen molar-refractivity contribution in [3.63, 3.8) is 0 Å². The Morgan fingerprint density at radius 3 is 1.42 bits per heavy atom. The zero-order valence-corrected chi connectivity index (χ0v) is 67.0. The van der Waals surface area contributed by atoms with Gasteiger partial charge in [-0.2, -0.15) is 4.98 Å². The van der Waals surface area contributed by atoms with Gasteiger partial charge in [-0.3, -0.25) is 61.1 Å². The summed E-state index contributed by atoms with van der Waals surface area (Å²) in [6.07, 6.45) is -0.643. The molecular weight excluding hydrogens is 1540 g/mol. The number of likely N-dealkylation sites (N-methyl/N-ethyl adjacent to an activating group) is 1. The number of H-pyrrole nitrogens is 1. The van der Waals surface area contributed by atoms with Crippen LogP contribution in [0.1, 0.15) is 32.0 Å². The largest absolute Gasteiger partial charge is 0.447 e. The number of nitrogen functional groups attached to an aromatic ring is 3. The highest BCUT2D eigenvalue weighted by atomic mass is 31.2. The highest BCUT2D eigenvalue weighted by Gasteiger charge is 2.51. The van der Waals surface area contributed by atoms with Crippen molar-refractivity contribution in [3.8, 4) is 0 Å². The molecule has 2 amide bonds. The maximum atomic E-state index is 16.3. The van der Waals surface area contributed by atoms with Crippen molar-refractivity contribution in [2.75, 3.05) is 225 Å². The van der Waals surface area contributed by atoms with E-state index in [-0.39, 0.29) is 158 Å². The van der Waals surface area contributed by atoms with Gasteiger partial charge in [-0.15, -0.1) is 0 Å². The summed E-state index contributed by atoms with van der Waals surface area (Å²) in [4.78, 5) is 95.3. The van der Waals surface area contributed by atoms with Gasteiger partial charge in [0.1, 0.15) is 55.2 Å². The molecule has 6 aromatic rings. The second kappa shape index (κ2) is 35.5. The minimum absolute atomic E-state index is 0.0186. The number of hydrogen-bond donors (Lipinski definition) is 5. The first-order valence-corrected chi connectivity index (χ1v) is 41.8. The molecule has 612 valence electrons. The predicted molar refractivity (Wildman–Crippen MR) is 397 cm³/mol. The molecule has 12 heterocycles. The Morgan fingerprint density at radius 1 is 0.532 bits per heavy atom. The molecule has 0 radical (unpaired) electrons. The highest BCUT2D eigenvalue weighted by Crippen LogP contribution is 2.59. The first-order valence-electron chi connectivity index (χ1n) is 35.7. The molecule has 0 saturated carbocycles. The second-order valence-electron chi connectivity index (χ2n) is 27.9. The Labute approximate surface area is 638 Å². The summed E-state index contributed by atoms with van der Waals surface area (Å²) < 4.78 is 150. The first kappa shape index (κ1) is 83.5. The van der Waals surface area contributed by atoms with Crippen LogP contribution >= 0.6 is 30.7 Å². The zero-order chi connectivity index (χ0) is 79.4. The number of nitrogens with one attached hydrogen (secondary N) is 1. The molecule has 5 saturated heterocycles. The summed E-state index contributed by atoms with van der Waals surface area (Å²) >= 11 is 0. The number of piperazine rings is 1. The number of ketones is 1. The van der Waals surface area contributed by atoms with Gasteiger partial charge in [0.2, 0.25) is 11.9 Å². The van der Waals surface area contributed by atoms with Crippen LogP contribution in [0.5, 0.6) is 0 Å². The molecule has 111 heavy (non-hydrogen) atoms. The van der Waals surface area contributed by atoms with Crippen LogP contribution in [0.4, 0.5) is 22.4 Å². The third kappa shape index (κ3) is 18.3. The lowest BCUT2D eigenvalue weighted by atomic mass is 10.1. The smallest absolute Gasteiger partial charge is 0.409 e. The van der Waals surface area contributed by atoms with Crippen molar-refractivity contribution >= 4 is 99.5 Å². The molecular formula is C61H98N26O20P4. The number of morpholine rings is 4. The lowest BCUT2D eigenvalue weighted by Gasteiger charge is -2.47. The number of aliphatic hydroxyl groups excluding tert-OH is 1. The molecule has 0 bridgehead atoms. The average Bonchev–Trinajstić information content (AvgIpc) is 1.70. The van der Waals surface area contributed by atoms with Crippen LogP contribution in [0.15, 0.2) is 48.2 Å². The van der Waals surface area contributed by atoms with Gasteiger partial charge in [0.25, 0.3) is 5.56 Å². The Hall–Kier alpha value is -6.88. The summed E-state index contributed by atoms with van der Waals surface area (Å²) in [6, 6.07) is 0. The van der Waals surface area contributed by atoms with E-state index in [1.807, 2.05) is 11.9 Å². The van der Waals surface area contributed by atoms with Gasteiger partial charge in [0.15, 0.2) is 39.9 Å². The normalized spacial score (nSPS) is 25.7. The molecule has 0 aromatic carbocycles. The average molecular weight is 1640 g/mol. The summed E-state index contributed by atoms with van der Waals surface area (Å²) in [6.45, 7) is 1.06. The number of carbonyl (C=O) groups is 3. The number of nitrogens with two attached hydrogens (primary N) is 3. The van der Waals surface area contributed by atoms with E-state index in [0.29, 0.717) is 29.9 Å². The first-order chi connectivity index (χ1) is 52.9. The van der Waals surface area contributed by atoms with E-state index in [0.717, 1.165) is 0 Å². The van der Waals surface area contributed by atoms with Crippen molar-refractivity contribution in [2.24, 2.45) is 0 Å². The molecule has 6 aliphatic heterocycles. The van der Waals surface area contributed by atoms with E-state index in [2.05, 4.69) is 44.9 Å². The lowest BCUT2D eigenvalue weighted by Crippen LogP contribution is -2.56. The molecule has 0 aliphatic carbocycles. The number of amides is 2. The van der Waals surface area contributed by atoms with E-state index in [4.69, 9.17) is 73.6 Å². The monoisotopic (exact) mass is 1640 g/mol. The van der Waals surface area contributed by atoms with E-state index in [9.17, 15) is 19.2 Å². The van der Waals surface area contributed by atoms with Crippen LogP contribution in [0.25, 0.3) is 33.5 Å². The number of ether oxygens (including phenoxy) is 7. The number of hydrogen-bond acceptors (Lipinski definition) is 32. The zero-order valence-electron chi connectivity index (χ0n) is 63.4. The van der Waals surface area contributed by atoms with Crippen LogP contribution < -0.4 is 22.8 Å². The van der Waals surface area contributed by atoms with E-state index < -0.39 is 123 Å². The number of anilines is 3. The van der Waals surface area contributed by atoms with Crippen LogP contribution in [0.3, 0.4) is 0 Å². The molecule has 6 aliphatic rings. The number of nitrogens with zero attached hydrogens (tertiary/aromatic N) is 22. The molecule has 5 fully saturated rings. The van der Waals surface area contributed by atoms with Gasteiger partial charge in [0, 0.05) is 70.7 Å². The summed E-state index contributed by atoms with van der Waals surface area (Å²) in [5, 5.41) is 8.91. The fourth-order valence-electron chi connectivity index (χ4n) is 13.6. The molecule has 8 N–H and O–H groups in total. The molecule has 6 aromatic heterocycles. The van der Waals surface area contributed by atoms with Gasteiger partial charge in [0.05, 0.1) is 129 Å². The molecule has 12 unspecified atom stereocenters. The summed E-state index contributed by atoms with van der Waals surface area (Å²) in [7, 11) is -2.24. The number of aliphatic hydroxyl groups is 1. The number of allylic oxidation sites excluding steroid dienone is 1. The fourth-order valence-corrected chi connectivity index (χ4v) is 21.5. The predicted octanol–water partition coefficient (Wildman–Crippen LogP) is 0.0310. The summed E-state index contributed by atoms with van der Waals surface area (Å²) in [5.41, 5.74) is 19.5. The van der Waals surface area contributed by atoms with E-state index in [1.165, 1.54) is 88.0 Å². The van der Waals surface area contributed by atoms with E-state index >= 15 is 18.3 Å². The minimum atomic E-state index is -4.37. The number of imidazole rings is 3. The topological polar surface area (TPSA) is 506 Å². The van der Waals surface area contributed by atoms with Crippen molar-refractivity contribution in [1.82, 2.24) is 111 Å². The third-order valence-electron chi connectivity index (χ3n) is 19.3. The number of fused-ring (bicyclic) bond motifs is 3. The fraction of sp³-hybridized carbons (Fsp3) is 0.672. The number of aromatic amines is 1. The molecule has 46 nitrogen and oxygen atoms in total. The number of carbonyl (C=O) groups excluding carboxylic acids is 3. The van der Waals surface area contributed by atoms with Gasteiger partial charge in [-0.1, -0.05) is 0 Å². The van der Waals surface area contributed by atoms with Crippen LogP contribution in [-0.2, 0) is 79.1 Å². The Morgan fingerprint density at radius 2 is 0.946 bits per heavy atom. The Kier molecular flexibility index (Phi) is 26.7. The van der Waals surface area contributed by atoms with E-state index in [1.54, 1.807) is 74.0 Å². The Bertz CT molecular complexity index is 4580. The van der Waals surface area contributed by atoms with Crippen molar-refractivity contribution in [2.45, 2.75) is 62.7 Å². The maximum Gasteiger partial charge on any atom is 0.409 e. The van der Waals surface area contributed by atoms with Gasteiger partial charge >= 0.3 is 36.8 Å². The van der Waals surface area contributed by atoms with Crippen LogP contribution in [0.2, 0.25) is 0 Å². The lowest BCUT2D eigenvalue weighted by molar-refractivity contribution is -0.163. The van der Waals surface area contributed by atoms with Gasteiger partial charge in [-0.05, 0) is 70.4 Å². The minimum Gasteiger partial charge on any atom is -0.447 e. The number of rotatable bonds is 32. The molecule has 12 rings (SSSR count). The maximum absolute atomic E-state index is 16.3. The van der Waals surface area contributed by atoms with Crippen LogP contribution in [-0.4, -0.2) is 372 Å². The molecule has 12 atom stereocenters. The van der Waals surface area contributed by atoms with Gasteiger partial charge < -0.3 is 78.5 Å². The van der Waals surface area contributed by atoms with Crippen molar-refractivity contribution in [3.05, 3.63) is 53.8 Å². The molecule has 50 heteroatoms. The second-order valence-corrected chi connectivity index (χ2v) is 38.3. The number of Topliss-reactive ketones (excluding diaryl/α,β-unsaturated/α-hetero) is 1. The van der Waals surface area contributed by atoms with Crippen molar-refractivity contribution < 1.29 is 89.0 Å². The SMILES string of the molecule is CC1=CN(C2CN(P(=O)(OCC3CN(P(=O)(OCC4CN(C)CC(n5cnc6c(N)ncnc65)O4)N(C)C)CC(n4cnc5c(N)ncnc54)O3)N(C)C)CC(COP(=O)(N(C)C)N3CC(COP(=O)(N(C)C)N4CCN(C(=O)OCCOCCOCCO)CC4)OC(n4cnc5c(=O)[nH]c(N)nc54)C3)O2)C(=O)CC1=O.